The first-order chi connectivity index (χ1) is 19.7. The Balaban J connectivity index is 1.33. The molecule has 0 radical (unpaired) electrons. The summed E-state index contributed by atoms with van der Waals surface area (Å²) in [6.45, 7) is 2.06. The molecule has 4 heterocycles. The standard InChI is InChI=1S/C30H22ClN7O2/c1-19-25-26(22-14-8-9-15-23(22)31)27-28-34-24(17-39-33-16-20-10-4-2-5-11-20)36-37(28)18-32-29(27)40-30(25)38(35-19)21-12-6-3-7-13-21/h2-16,18,26H,17H2,1H3/b33-16-/t26-/m0/s1. The Hall–Kier alpha value is -5.02. The Morgan fingerprint density at radius 2 is 1.70 bits per heavy atom. The Labute approximate surface area is 234 Å². The van der Waals surface area contributed by atoms with E-state index in [4.69, 9.17) is 31.3 Å². The van der Waals surface area contributed by atoms with Gasteiger partial charge in [-0.3, -0.25) is 0 Å². The fourth-order valence-electron chi connectivity index (χ4n) is 4.98. The normalized spacial score (nSPS) is 14.2. The third-order valence-corrected chi connectivity index (χ3v) is 7.09. The molecule has 7 rings (SSSR count). The van der Waals surface area contributed by atoms with Crippen LogP contribution in [0.15, 0.2) is 96.4 Å². The van der Waals surface area contributed by atoms with Crippen LogP contribution in [0.3, 0.4) is 0 Å². The molecule has 0 unspecified atom stereocenters. The number of halogens is 1. The van der Waals surface area contributed by atoms with Crippen LogP contribution < -0.4 is 4.74 Å². The number of fused-ring (bicyclic) bond motifs is 4. The maximum Gasteiger partial charge on any atom is 0.230 e. The summed E-state index contributed by atoms with van der Waals surface area (Å²) in [6, 6.07) is 27.3. The lowest BCUT2D eigenvalue weighted by atomic mass is 9.84. The lowest BCUT2D eigenvalue weighted by molar-refractivity contribution is 0.126. The number of rotatable bonds is 6. The highest BCUT2D eigenvalue weighted by Gasteiger charge is 2.38. The highest BCUT2D eigenvalue weighted by Crippen LogP contribution is 2.50. The Kier molecular flexibility index (Phi) is 5.98. The van der Waals surface area contributed by atoms with Crippen molar-refractivity contribution in [2.45, 2.75) is 19.4 Å². The van der Waals surface area contributed by atoms with Gasteiger partial charge in [-0.1, -0.05) is 83.5 Å². The zero-order valence-electron chi connectivity index (χ0n) is 21.3. The van der Waals surface area contributed by atoms with E-state index in [0.29, 0.717) is 28.3 Å². The Morgan fingerprint density at radius 3 is 2.50 bits per heavy atom. The van der Waals surface area contributed by atoms with Crippen LogP contribution >= 0.6 is 11.6 Å². The number of hydrogen-bond donors (Lipinski definition) is 0. The minimum atomic E-state index is -0.338. The van der Waals surface area contributed by atoms with Crippen molar-refractivity contribution in [2.75, 3.05) is 0 Å². The van der Waals surface area contributed by atoms with Crippen LogP contribution in [0.1, 0.15) is 39.7 Å². The van der Waals surface area contributed by atoms with E-state index < -0.39 is 0 Å². The summed E-state index contributed by atoms with van der Waals surface area (Å²) in [5.74, 6) is 1.14. The number of oxime groups is 1. The van der Waals surface area contributed by atoms with Crippen LogP contribution in [0.25, 0.3) is 11.3 Å². The predicted octanol–water partition coefficient (Wildman–Crippen LogP) is 6.11. The van der Waals surface area contributed by atoms with Gasteiger partial charge in [-0.05, 0) is 36.2 Å². The quantitative estimate of drug-likeness (QED) is 0.184. The molecule has 196 valence electrons. The predicted molar refractivity (Wildman–Crippen MR) is 150 cm³/mol. The van der Waals surface area contributed by atoms with Crippen molar-refractivity contribution in [2.24, 2.45) is 5.16 Å². The molecule has 0 fully saturated rings. The van der Waals surface area contributed by atoms with E-state index in [1.807, 2.05) is 91.9 Å². The van der Waals surface area contributed by atoms with Crippen molar-refractivity contribution in [1.82, 2.24) is 29.4 Å². The first-order valence-corrected chi connectivity index (χ1v) is 13.1. The summed E-state index contributed by atoms with van der Waals surface area (Å²) < 4.78 is 9.89. The number of ether oxygens (including phenoxy) is 1. The maximum atomic E-state index is 6.79. The second-order valence-electron chi connectivity index (χ2n) is 9.29. The van der Waals surface area contributed by atoms with Gasteiger partial charge >= 0.3 is 0 Å². The molecule has 0 N–H and O–H groups in total. The van der Waals surface area contributed by atoms with Crippen LogP contribution in [0.4, 0.5) is 0 Å². The van der Waals surface area contributed by atoms with Gasteiger partial charge in [0.1, 0.15) is 6.33 Å². The first kappa shape index (κ1) is 24.1. The molecule has 9 nitrogen and oxygen atoms in total. The van der Waals surface area contributed by atoms with Crippen molar-refractivity contribution in [3.63, 3.8) is 0 Å². The van der Waals surface area contributed by atoms with Crippen molar-refractivity contribution in [1.29, 1.82) is 0 Å². The van der Waals surface area contributed by atoms with Gasteiger partial charge in [0, 0.05) is 5.02 Å². The second-order valence-corrected chi connectivity index (χ2v) is 9.69. The molecule has 0 aliphatic carbocycles. The first-order valence-electron chi connectivity index (χ1n) is 12.7. The Morgan fingerprint density at radius 1 is 0.950 bits per heavy atom. The SMILES string of the molecule is Cc1nn(-c2ccccc2)c2c1[C@H](c1ccccc1Cl)c1c(ncn3nc(CO/N=C\c4ccccc4)nc13)O2. The van der Waals surface area contributed by atoms with E-state index in [2.05, 4.69) is 15.2 Å². The average Bonchev–Trinajstić information content (AvgIpc) is 3.56. The maximum absolute atomic E-state index is 6.79. The van der Waals surface area contributed by atoms with Gasteiger partial charge in [0.15, 0.2) is 18.1 Å². The van der Waals surface area contributed by atoms with Gasteiger partial charge < -0.3 is 9.57 Å². The monoisotopic (exact) mass is 547 g/mol. The average molecular weight is 548 g/mol. The molecule has 0 bridgehead atoms. The molecule has 0 spiro atoms. The van der Waals surface area contributed by atoms with E-state index >= 15 is 0 Å². The van der Waals surface area contributed by atoms with Crippen LogP contribution in [0.5, 0.6) is 11.8 Å². The fraction of sp³-hybridized carbons (Fsp3) is 0.100. The summed E-state index contributed by atoms with van der Waals surface area (Å²) >= 11 is 6.79. The van der Waals surface area contributed by atoms with Gasteiger partial charge in [-0.15, -0.1) is 5.10 Å². The molecule has 0 amide bonds. The topological polar surface area (TPSA) is 91.7 Å². The lowest BCUT2D eigenvalue weighted by Gasteiger charge is -2.27. The van der Waals surface area contributed by atoms with E-state index in [0.717, 1.165) is 33.6 Å². The largest absolute Gasteiger partial charge is 0.420 e. The summed E-state index contributed by atoms with van der Waals surface area (Å²) in [5.41, 5.74) is 5.78. The van der Waals surface area contributed by atoms with Crippen LogP contribution in [0.2, 0.25) is 5.02 Å². The van der Waals surface area contributed by atoms with E-state index in [-0.39, 0.29) is 12.5 Å². The Bertz CT molecular complexity index is 1870. The third kappa shape index (κ3) is 4.17. The third-order valence-electron chi connectivity index (χ3n) is 6.75. The van der Waals surface area contributed by atoms with Crippen molar-refractivity contribution < 1.29 is 9.57 Å². The molecule has 0 saturated heterocycles. The van der Waals surface area contributed by atoms with E-state index in [1.165, 1.54) is 0 Å². The van der Waals surface area contributed by atoms with Crippen molar-refractivity contribution in [3.8, 4) is 17.4 Å². The number of hydrogen-bond acceptors (Lipinski definition) is 7. The van der Waals surface area contributed by atoms with Crippen LogP contribution in [-0.4, -0.2) is 35.6 Å². The summed E-state index contributed by atoms with van der Waals surface area (Å²) in [6.07, 6.45) is 3.23. The zero-order chi connectivity index (χ0) is 27.1. The molecular weight excluding hydrogens is 526 g/mol. The number of para-hydroxylation sites is 1. The molecule has 0 saturated carbocycles. The molecule has 40 heavy (non-hydrogen) atoms. The van der Waals surface area contributed by atoms with Crippen LogP contribution in [0, 0.1) is 6.92 Å². The van der Waals surface area contributed by atoms with Gasteiger partial charge in [0.2, 0.25) is 11.8 Å². The second kappa shape index (κ2) is 9.94. The van der Waals surface area contributed by atoms with Crippen molar-refractivity contribution >= 4 is 23.5 Å². The number of nitrogens with zero attached hydrogens (tertiary/aromatic N) is 7. The van der Waals surface area contributed by atoms with Crippen LogP contribution in [-0.2, 0) is 11.4 Å². The molecule has 10 heteroatoms. The minimum absolute atomic E-state index is 0.0909. The van der Waals surface area contributed by atoms with Gasteiger partial charge in [0.05, 0.1) is 34.6 Å². The lowest BCUT2D eigenvalue weighted by Crippen LogP contribution is -2.16. The molecule has 6 aromatic rings. The van der Waals surface area contributed by atoms with E-state index in [9.17, 15) is 0 Å². The molecule has 1 aliphatic heterocycles. The zero-order valence-corrected chi connectivity index (χ0v) is 22.1. The highest BCUT2D eigenvalue weighted by molar-refractivity contribution is 6.31. The molecule has 1 aliphatic rings. The minimum Gasteiger partial charge on any atom is -0.420 e. The van der Waals surface area contributed by atoms with Gasteiger partial charge in [0.25, 0.3) is 0 Å². The molecule has 1 atom stereocenters. The summed E-state index contributed by atoms with van der Waals surface area (Å²) in [7, 11) is 0. The van der Waals surface area contributed by atoms with E-state index in [1.54, 1.807) is 21.7 Å². The van der Waals surface area contributed by atoms with Crippen molar-refractivity contribution in [3.05, 3.63) is 130 Å². The number of benzene rings is 3. The fourth-order valence-corrected chi connectivity index (χ4v) is 5.23. The number of aryl methyl sites for hydroxylation is 1. The highest BCUT2D eigenvalue weighted by atomic mass is 35.5. The number of aromatic nitrogens is 6. The molecular formula is C30H22ClN7O2. The van der Waals surface area contributed by atoms with Gasteiger partial charge in [-0.2, -0.15) is 5.10 Å². The summed E-state index contributed by atoms with van der Waals surface area (Å²) in [4.78, 5) is 14.9. The van der Waals surface area contributed by atoms with Gasteiger partial charge in [-0.25, -0.2) is 19.2 Å². The summed E-state index contributed by atoms with van der Waals surface area (Å²) in [5, 5.41) is 14.1. The molecule has 3 aromatic heterocycles. The smallest absolute Gasteiger partial charge is 0.230 e. The molecule has 3 aromatic carbocycles.